The second-order valence-corrected chi connectivity index (χ2v) is 7.01. The first-order valence-electron chi connectivity index (χ1n) is 8.49. The van der Waals surface area contributed by atoms with Crippen molar-refractivity contribution in [3.05, 3.63) is 34.1 Å². The summed E-state index contributed by atoms with van der Waals surface area (Å²) < 4.78 is 14.8. The fourth-order valence-electron chi connectivity index (χ4n) is 3.65. The average Bonchev–Trinajstić information content (AvgIpc) is 3.02. The number of aliphatic hydroxyl groups is 1. The van der Waals surface area contributed by atoms with E-state index in [1.54, 1.807) is 31.1 Å². The van der Waals surface area contributed by atoms with E-state index in [1.165, 1.54) is 0 Å². The lowest BCUT2D eigenvalue weighted by Crippen LogP contribution is -2.44. The van der Waals surface area contributed by atoms with Gasteiger partial charge in [0.05, 0.1) is 16.4 Å². The molecular weight excluding hydrogens is 359 g/mol. The number of H-pyrrole nitrogens is 1. The molecule has 1 amide bonds. The Hall–Kier alpha value is -2.12. The van der Waals surface area contributed by atoms with Gasteiger partial charge in [0, 0.05) is 49.0 Å². The molecule has 0 fully saturated rings. The monoisotopic (exact) mass is 380 g/mol. The van der Waals surface area contributed by atoms with Crippen molar-refractivity contribution in [2.45, 2.75) is 25.3 Å². The lowest BCUT2D eigenvalue weighted by atomic mass is 9.86. The SMILES string of the molecule is CN/C=C\C(=N)C1=c2c3c([nH]c2=C(F)C(Cl)C1C)CCN(C(=O)CO)C3. The minimum Gasteiger partial charge on any atom is -0.394 e. The van der Waals surface area contributed by atoms with Gasteiger partial charge < -0.3 is 25.7 Å². The molecule has 2 atom stereocenters. The summed E-state index contributed by atoms with van der Waals surface area (Å²) >= 11 is 6.30. The number of aromatic amines is 1. The van der Waals surface area contributed by atoms with E-state index in [1.807, 2.05) is 0 Å². The number of nitrogens with zero attached hydrogens (tertiary/aromatic N) is 1. The molecule has 4 N–H and O–H groups in total. The van der Waals surface area contributed by atoms with Gasteiger partial charge >= 0.3 is 0 Å². The summed E-state index contributed by atoms with van der Waals surface area (Å²) in [6.07, 6.45) is 3.79. The Balaban J connectivity index is 2.26. The number of hydrogen-bond acceptors (Lipinski definition) is 4. The van der Waals surface area contributed by atoms with Crippen LogP contribution in [-0.2, 0) is 17.8 Å². The minimum absolute atomic E-state index is 0.249. The minimum atomic E-state index is -0.851. The number of carbonyl (C=O) groups excluding carboxylic acids is 1. The average molecular weight is 381 g/mol. The normalized spacial score (nSPS) is 22.4. The highest BCUT2D eigenvalue weighted by molar-refractivity contribution is 6.30. The molecular formula is C18H22ClFN4O2. The van der Waals surface area contributed by atoms with Crippen LogP contribution in [0.2, 0.25) is 0 Å². The van der Waals surface area contributed by atoms with Crippen LogP contribution in [0.4, 0.5) is 4.39 Å². The Morgan fingerprint density at radius 2 is 2.31 bits per heavy atom. The summed E-state index contributed by atoms with van der Waals surface area (Å²) in [4.78, 5) is 16.6. The number of aromatic nitrogens is 1. The molecule has 0 bridgehead atoms. The molecule has 0 spiro atoms. The van der Waals surface area contributed by atoms with Gasteiger partial charge in [-0.1, -0.05) is 6.92 Å². The van der Waals surface area contributed by atoms with Crippen molar-refractivity contribution in [3.8, 4) is 0 Å². The van der Waals surface area contributed by atoms with Gasteiger partial charge in [-0.15, -0.1) is 11.6 Å². The number of rotatable bonds is 4. The second kappa shape index (κ2) is 7.25. The van der Waals surface area contributed by atoms with Gasteiger partial charge in [-0.3, -0.25) is 4.79 Å². The maximum atomic E-state index is 14.8. The number of fused-ring (bicyclic) bond motifs is 3. The summed E-state index contributed by atoms with van der Waals surface area (Å²) in [6.45, 7) is 1.98. The van der Waals surface area contributed by atoms with Gasteiger partial charge in [-0.25, -0.2) is 4.39 Å². The van der Waals surface area contributed by atoms with Crippen molar-refractivity contribution >= 4 is 34.6 Å². The molecule has 1 aliphatic heterocycles. The van der Waals surface area contributed by atoms with Gasteiger partial charge in [0.1, 0.15) is 12.4 Å². The molecule has 8 heteroatoms. The molecule has 140 valence electrons. The predicted octanol–water partition coefficient (Wildman–Crippen LogP) is 0.130. The molecule has 0 saturated carbocycles. The van der Waals surface area contributed by atoms with E-state index in [-0.39, 0.29) is 24.1 Å². The molecule has 1 aromatic heterocycles. The fourth-order valence-corrected chi connectivity index (χ4v) is 3.89. The van der Waals surface area contributed by atoms with Crippen molar-refractivity contribution in [1.29, 1.82) is 5.41 Å². The van der Waals surface area contributed by atoms with Crippen LogP contribution < -0.4 is 15.9 Å². The highest BCUT2D eigenvalue weighted by atomic mass is 35.5. The summed E-state index contributed by atoms with van der Waals surface area (Å²) in [5.41, 5.74) is 2.56. The van der Waals surface area contributed by atoms with Crippen molar-refractivity contribution < 1.29 is 14.3 Å². The maximum absolute atomic E-state index is 14.8. The molecule has 1 aliphatic carbocycles. The first-order chi connectivity index (χ1) is 12.4. The number of alkyl halides is 1. The van der Waals surface area contributed by atoms with Gasteiger partial charge in [0.15, 0.2) is 0 Å². The van der Waals surface area contributed by atoms with Crippen molar-refractivity contribution in [2.24, 2.45) is 5.92 Å². The van der Waals surface area contributed by atoms with Gasteiger partial charge in [-0.05, 0) is 17.8 Å². The van der Waals surface area contributed by atoms with E-state index >= 15 is 0 Å². The largest absolute Gasteiger partial charge is 0.394 e. The number of aliphatic hydroxyl groups excluding tert-OH is 1. The van der Waals surface area contributed by atoms with Crippen molar-refractivity contribution in [1.82, 2.24) is 15.2 Å². The Bertz CT molecular complexity index is 905. The Labute approximate surface area is 155 Å². The van der Waals surface area contributed by atoms with Crippen molar-refractivity contribution in [3.63, 3.8) is 0 Å². The Kier molecular flexibility index (Phi) is 5.20. The quantitative estimate of drug-likeness (QED) is 0.442. The first-order valence-corrected chi connectivity index (χ1v) is 8.93. The highest BCUT2D eigenvalue weighted by Gasteiger charge is 2.34. The van der Waals surface area contributed by atoms with E-state index < -0.39 is 17.8 Å². The lowest BCUT2D eigenvalue weighted by Gasteiger charge is -2.28. The number of allylic oxidation sites excluding steroid dienone is 1. The number of halogens is 2. The third-order valence-corrected chi connectivity index (χ3v) is 5.58. The third-order valence-electron chi connectivity index (χ3n) is 5.01. The molecule has 2 aliphatic rings. The highest BCUT2D eigenvalue weighted by Crippen LogP contribution is 2.30. The molecule has 0 saturated heterocycles. The van der Waals surface area contributed by atoms with Crippen LogP contribution >= 0.6 is 11.6 Å². The number of nitrogens with one attached hydrogen (secondary N) is 3. The Morgan fingerprint density at radius 3 is 2.96 bits per heavy atom. The van der Waals surface area contributed by atoms with Gasteiger partial charge in [0.25, 0.3) is 0 Å². The van der Waals surface area contributed by atoms with Gasteiger partial charge in [-0.2, -0.15) is 0 Å². The maximum Gasteiger partial charge on any atom is 0.248 e. The molecule has 26 heavy (non-hydrogen) atoms. The van der Waals surface area contributed by atoms with Crippen LogP contribution in [0.5, 0.6) is 0 Å². The van der Waals surface area contributed by atoms with Crippen LogP contribution in [-0.4, -0.2) is 52.2 Å². The van der Waals surface area contributed by atoms with Gasteiger partial charge in [0.2, 0.25) is 5.91 Å². The van der Waals surface area contributed by atoms with Crippen LogP contribution in [0.1, 0.15) is 18.2 Å². The van der Waals surface area contributed by atoms with E-state index in [2.05, 4.69) is 10.3 Å². The zero-order valence-electron chi connectivity index (χ0n) is 14.7. The fraction of sp³-hybridized carbons (Fsp3) is 0.444. The van der Waals surface area contributed by atoms with E-state index in [4.69, 9.17) is 22.1 Å². The Morgan fingerprint density at radius 1 is 1.58 bits per heavy atom. The van der Waals surface area contributed by atoms with E-state index in [0.29, 0.717) is 29.1 Å². The summed E-state index contributed by atoms with van der Waals surface area (Å²) in [5.74, 6) is -1.18. The van der Waals surface area contributed by atoms with E-state index in [0.717, 1.165) is 11.3 Å². The number of amides is 1. The summed E-state index contributed by atoms with van der Waals surface area (Å²) in [7, 11) is 1.73. The predicted molar refractivity (Wildman–Crippen MR) is 98.9 cm³/mol. The van der Waals surface area contributed by atoms with Crippen LogP contribution in [0.25, 0.3) is 11.4 Å². The summed E-state index contributed by atoms with van der Waals surface area (Å²) in [6, 6.07) is 0. The molecule has 3 rings (SSSR count). The number of hydrogen-bond donors (Lipinski definition) is 4. The molecule has 6 nitrogen and oxygen atoms in total. The summed E-state index contributed by atoms with van der Waals surface area (Å²) in [5, 5.41) is 20.5. The van der Waals surface area contributed by atoms with Crippen LogP contribution in [0.15, 0.2) is 12.3 Å². The molecule has 1 aromatic rings. The zero-order chi connectivity index (χ0) is 19.0. The smallest absolute Gasteiger partial charge is 0.248 e. The first kappa shape index (κ1) is 18.7. The molecule has 2 heterocycles. The third kappa shape index (κ3) is 2.95. The molecule has 0 radical (unpaired) electrons. The number of carbonyl (C=O) groups is 1. The molecule has 0 aromatic carbocycles. The van der Waals surface area contributed by atoms with Crippen LogP contribution in [0.3, 0.4) is 0 Å². The van der Waals surface area contributed by atoms with E-state index in [9.17, 15) is 9.18 Å². The topological polar surface area (TPSA) is 92.2 Å². The second-order valence-electron chi connectivity index (χ2n) is 6.54. The van der Waals surface area contributed by atoms with Crippen molar-refractivity contribution in [2.75, 3.05) is 20.2 Å². The zero-order valence-corrected chi connectivity index (χ0v) is 15.5. The molecule has 2 unspecified atom stereocenters. The standard InChI is InChI=1S/C18H22ClFN4O2/c1-9-14(11(21)3-5-22-2)15-10-7-24(13(26)8-25)6-4-12(10)23-18(15)17(20)16(9)19/h3,5,9,16,21-23,25H,4,6-8H2,1-2H3/b5-3-,21-11?. The lowest BCUT2D eigenvalue weighted by molar-refractivity contribution is -0.135. The van der Waals surface area contributed by atoms with Crippen LogP contribution in [0, 0.1) is 11.3 Å².